The lowest BCUT2D eigenvalue weighted by atomic mass is 10.0. The highest BCUT2D eigenvalue weighted by molar-refractivity contribution is 7.92. The van der Waals surface area contributed by atoms with Crippen molar-refractivity contribution in [2.24, 2.45) is 0 Å². The number of carbonyl (C=O) groups is 2. The third-order valence-electron chi connectivity index (χ3n) is 4.68. The van der Waals surface area contributed by atoms with E-state index in [1.807, 2.05) is 0 Å². The van der Waals surface area contributed by atoms with Gasteiger partial charge in [0.15, 0.2) is 6.61 Å². The SMILES string of the molecule is CCn1nccc1-c1cc2c(=O)n(N(C(=O)COC(C)=O)S(C)(=O)=O)c(=O)[nH]c2cc1C(F)F. The van der Waals surface area contributed by atoms with Gasteiger partial charge in [-0.2, -0.15) is 5.10 Å². The third kappa shape index (κ3) is 4.59. The second kappa shape index (κ2) is 9.17. The molecular formula is C19H19F2N5O7S. The van der Waals surface area contributed by atoms with Crippen LogP contribution in [0.5, 0.6) is 0 Å². The lowest BCUT2D eigenvalue weighted by molar-refractivity contribution is -0.145. The van der Waals surface area contributed by atoms with Crippen LogP contribution in [-0.4, -0.2) is 52.6 Å². The Labute approximate surface area is 190 Å². The summed E-state index contributed by atoms with van der Waals surface area (Å²) in [6.45, 7) is 1.95. The number of esters is 1. The number of rotatable bonds is 7. The molecule has 0 atom stereocenters. The molecule has 3 rings (SSSR count). The molecule has 0 aliphatic heterocycles. The number of alkyl halides is 2. The molecule has 12 nitrogen and oxygen atoms in total. The van der Waals surface area contributed by atoms with Gasteiger partial charge in [0, 0.05) is 30.8 Å². The number of halogens is 2. The minimum Gasteiger partial charge on any atom is -0.456 e. The first-order valence-electron chi connectivity index (χ1n) is 9.66. The van der Waals surface area contributed by atoms with Crippen molar-refractivity contribution < 1.29 is 31.5 Å². The number of aromatic amines is 1. The number of benzene rings is 1. The van der Waals surface area contributed by atoms with Crippen molar-refractivity contribution >= 4 is 32.8 Å². The predicted octanol–water partition coefficient (Wildman–Crippen LogP) is 0.498. The topological polar surface area (TPSA) is 153 Å². The average Bonchev–Trinajstić information content (AvgIpc) is 3.21. The summed E-state index contributed by atoms with van der Waals surface area (Å²) < 4.78 is 58.0. The Balaban J connectivity index is 2.34. The maximum Gasteiger partial charge on any atom is 0.349 e. The predicted molar refractivity (Wildman–Crippen MR) is 115 cm³/mol. The van der Waals surface area contributed by atoms with Gasteiger partial charge in [0.2, 0.25) is 0 Å². The van der Waals surface area contributed by atoms with Crippen LogP contribution in [0.4, 0.5) is 8.78 Å². The Hall–Kier alpha value is -3.88. The molecule has 2 heterocycles. The molecule has 0 saturated heterocycles. The number of aromatic nitrogens is 4. The second-order valence-electron chi connectivity index (χ2n) is 7.05. The smallest absolute Gasteiger partial charge is 0.349 e. The molecule has 15 heteroatoms. The molecule has 0 fully saturated rings. The number of amides is 1. The number of H-pyrrole nitrogens is 1. The highest BCUT2D eigenvalue weighted by Gasteiger charge is 2.30. The molecule has 34 heavy (non-hydrogen) atoms. The van der Waals surface area contributed by atoms with Gasteiger partial charge in [-0.05, 0) is 25.1 Å². The largest absolute Gasteiger partial charge is 0.456 e. The van der Waals surface area contributed by atoms with Gasteiger partial charge >= 0.3 is 11.7 Å². The molecule has 0 bridgehead atoms. The van der Waals surface area contributed by atoms with E-state index in [1.54, 1.807) is 6.92 Å². The average molecular weight is 499 g/mol. The van der Waals surface area contributed by atoms with Crippen LogP contribution in [-0.2, 0) is 30.9 Å². The Morgan fingerprint density at radius 2 is 1.94 bits per heavy atom. The fraction of sp³-hybridized carbons (Fsp3) is 0.316. The number of nitrogens with zero attached hydrogens (tertiary/aromatic N) is 4. The molecule has 182 valence electrons. The van der Waals surface area contributed by atoms with Crippen molar-refractivity contribution in [1.29, 1.82) is 0 Å². The molecular weight excluding hydrogens is 480 g/mol. The van der Waals surface area contributed by atoms with E-state index < -0.39 is 51.7 Å². The number of hydrogen-bond acceptors (Lipinski definition) is 8. The number of sulfonamides is 1. The summed E-state index contributed by atoms with van der Waals surface area (Å²) in [5.41, 5.74) is -3.27. The molecule has 0 spiro atoms. The van der Waals surface area contributed by atoms with Crippen molar-refractivity contribution in [1.82, 2.24) is 19.4 Å². The summed E-state index contributed by atoms with van der Waals surface area (Å²) in [7, 11) is -4.56. The zero-order valence-electron chi connectivity index (χ0n) is 18.1. The zero-order chi connectivity index (χ0) is 25.4. The molecule has 0 radical (unpaired) electrons. The van der Waals surface area contributed by atoms with Crippen LogP contribution in [0, 0.1) is 0 Å². The minimum atomic E-state index is -4.56. The van der Waals surface area contributed by atoms with Gasteiger partial charge in [0.1, 0.15) is 0 Å². The Morgan fingerprint density at radius 3 is 2.50 bits per heavy atom. The number of fused-ring (bicyclic) bond motifs is 1. The van der Waals surface area contributed by atoms with E-state index in [1.165, 1.54) is 16.9 Å². The van der Waals surface area contributed by atoms with Crippen molar-refractivity contribution in [3.05, 3.63) is 50.8 Å². The van der Waals surface area contributed by atoms with E-state index in [-0.39, 0.29) is 31.3 Å². The van der Waals surface area contributed by atoms with Crippen LogP contribution in [0.1, 0.15) is 25.8 Å². The van der Waals surface area contributed by atoms with Crippen molar-refractivity contribution in [3.63, 3.8) is 0 Å². The molecule has 1 amide bonds. The molecule has 0 saturated carbocycles. The number of aryl methyl sites for hydroxylation is 1. The molecule has 0 aliphatic rings. The molecule has 0 aliphatic carbocycles. The standard InChI is InChI=1S/C19H19F2N5O7S/c1-4-24-15(5-6-22-24)11-7-13-14(8-12(11)17(20)21)23-19(30)25(18(13)29)26(34(3,31)32)16(28)9-33-10(2)27/h5-8,17H,4,9H2,1-3H3,(H,23,30). The minimum absolute atomic E-state index is 0.00639. The summed E-state index contributed by atoms with van der Waals surface area (Å²) in [4.78, 5) is 51.4. The van der Waals surface area contributed by atoms with Gasteiger partial charge in [0.05, 0.1) is 22.9 Å². The Morgan fingerprint density at radius 1 is 1.26 bits per heavy atom. The highest BCUT2D eigenvalue weighted by atomic mass is 32.2. The van der Waals surface area contributed by atoms with E-state index in [4.69, 9.17) is 0 Å². The maximum absolute atomic E-state index is 13.8. The Kier molecular flexibility index (Phi) is 6.67. The van der Waals surface area contributed by atoms with E-state index in [2.05, 4.69) is 14.8 Å². The lowest BCUT2D eigenvalue weighted by Crippen LogP contribution is -2.56. The summed E-state index contributed by atoms with van der Waals surface area (Å²) >= 11 is 0. The highest BCUT2D eigenvalue weighted by Crippen LogP contribution is 2.33. The number of ether oxygens (including phenoxy) is 1. The van der Waals surface area contributed by atoms with Gasteiger partial charge < -0.3 is 9.72 Å². The molecule has 1 aromatic carbocycles. The first-order valence-corrected chi connectivity index (χ1v) is 11.5. The summed E-state index contributed by atoms with van der Waals surface area (Å²) in [5.74, 6) is -2.31. The van der Waals surface area contributed by atoms with Crippen molar-refractivity contribution in [2.45, 2.75) is 26.8 Å². The van der Waals surface area contributed by atoms with Crippen LogP contribution in [0.15, 0.2) is 34.0 Å². The van der Waals surface area contributed by atoms with E-state index in [9.17, 15) is 36.4 Å². The quantitative estimate of drug-likeness (QED) is 0.461. The molecule has 0 unspecified atom stereocenters. The first kappa shape index (κ1) is 24.8. The maximum atomic E-state index is 13.8. The number of nitrogens with one attached hydrogen (secondary N) is 1. The van der Waals surface area contributed by atoms with E-state index in [0.717, 1.165) is 19.1 Å². The van der Waals surface area contributed by atoms with Gasteiger partial charge in [-0.25, -0.2) is 22.0 Å². The zero-order valence-corrected chi connectivity index (χ0v) is 18.9. The van der Waals surface area contributed by atoms with Crippen molar-refractivity contribution in [2.75, 3.05) is 17.3 Å². The summed E-state index contributed by atoms with van der Waals surface area (Å²) in [5, 5.41) is 3.67. The number of carbonyl (C=O) groups excluding carboxylic acids is 2. The van der Waals surface area contributed by atoms with Crippen LogP contribution < -0.4 is 15.7 Å². The van der Waals surface area contributed by atoms with Crippen molar-refractivity contribution in [3.8, 4) is 11.3 Å². The van der Waals surface area contributed by atoms with Crippen LogP contribution in [0.25, 0.3) is 22.2 Å². The third-order valence-corrected chi connectivity index (χ3v) is 5.68. The van der Waals surface area contributed by atoms with E-state index in [0.29, 0.717) is 12.8 Å². The second-order valence-corrected chi connectivity index (χ2v) is 8.86. The fourth-order valence-corrected chi connectivity index (χ4v) is 4.18. The molecule has 1 N–H and O–H groups in total. The van der Waals surface area contributed by atoms with Gasteiger partial charge in [-0.15, -0.1) is 9.09 Å². The summed E-state index contributed by atoms with van der Waals surface area (Å²) in [6, 6.07) is 3.42. The first-order chi connectivity index (χ1) is 15.9. The van der Waals surface area contributed by atoms with E-state index >= 15 is 0 Å². The van der Waals surface area contributed by atoms with Gasteiger partial charge in [-0.1, -0.05) is 0 Å². The fourth-order valence-electron chi connectivity index (χ4n) is 3.32. The van der Waals surface area contributed by atoms with Crippen LogP contribution in [0.2, 0.25) is 0 Å². The lowest BCUT2D eigenvalue weighted by Gasteiger charge is -2.21. The molecule has 3 aromatic rings. The van der Waals surface area contributed by atoms with Crippen LogP contribution in [0.3, 0.4) is 0 Å². The van der Waals surface area contributed by atoms with Gasteiger partial charge in [-0.3, -0.25) is 19.1 Å². The monoisotopic (exact) mass is 499 g/mol. The summed E-state index contributed by atoms with van der Waals surface area (Å²) in [6.07, 6.45) is -1.05. The van der Waals surface area contributed by atoms with Gasteiger partial charge in [0.25, 0.3) is 27.9 Å². The van der Waals surface area contributed by atoms with Crippen LogP contribution >= 0.6 is 0 Å². The molecule has 2 aromatic heterocycles. The normalized spacial score (nSPS) is 11.7. The Bertz CT molecular complexity index is 1510. The number of hydrogen-bond donors (Lipinski definition) is 1.